The van der Waals surface area contributed by atoms with E-state index in [1.54, 1.807) is 32.1 Å². The molecule has 19 heteroatoms. The van der Waals surface area contributed by atoms with Crippen molar-refractivity contribution in [3.63, 3.8) is 0 Å². The standard InChI is InChI=1S/C37H46N6O10S2.Na/c1-7-24-23(6)36(46)43-31(24)18-29-22(5)27(10-12-35(45)39-14-16-55(51,52)53)33(41-29)19-32-26(9-11-34(44)38-13-15-54(48,49)50)21(4)28(40-32)17-30-20(3)25(8-2)37(47)42-30;/h7-8,17-18,33,40H,1-2,9-16,19H2,3-6H3,(H,38,44)(H,39,45)(H,42,47)(H,43,46)(H,48,49,50)(H,51,52,53);/b30-17-,31-18-;. The van der Waals surface area contributed by atoms with Gasteiger partial charge >= 0.3 is 0 Å². The van der Waals surface area contributed by atoms with Crippen LogP contribution in [-0.4, -0.2) is 120 Å². The molecule has 1 radical (unpaired) electrons. The molecular formula is C37H46N6NaO10S2. The molecule has 1 unspecified atom stereocenters. The van der Waals surface area contributed by atoms with E-state index in [-0.39, 0.29) is 86.6 Å². The molecular weight excluding hydrogens is 776 g/mol. The SMILES string of the molecule is C=CC1=C(C)/C(=C/c2[nH]c(CC3N=C(/C=C4\NC(=O)C(C)=C4C=C)C(C)=C3CCC(=O)NCCS(=O)(=O)O)c(CCC(=O)NCCS(=O)(=O)O)c2C)NC1=O.[Na]. The average Bonchev–Trinajstić information content (AvgIpc) is 3.73. The summed E-state index contributed by atoms with van der Waals surface area (Å²) in [5, 5.41) is 10.7. The monoisotopic (exact) mass is 821 g/mol. The number of hydrogen-bond donors (Lipinski definition) is 7. The second-order valence-corrected chi connectivity index (χ2v) is 16.4. The third-order valence-corrected chi connectivity index (χ3v) is 11.1. The number of carbonyl (C=O) groups is 4. The van der Waals surface area contributed by atoms with Gasteiger partial charge in [-0.2, -0.15) is 16.8 Å². The molecule has 0 saturated heterocycles. The molecule has 4 heterocycles. The van der Waals surface area contributed by atoms with E-state index in [0.717, 1.165) is 22.3 Å². The van der Waals surface area contributed by atoms with Gasteiger partial charge in [0.25, 0.3) is 32.1 Å². The maximum Gasteiger partial charge on any atom is 0.266 e. The second kappa shape index (κ2) is 19.3. The minimum absolute atomic E-state index is 0. The number of aliphatic imine (C=N–C) groups is 1. The predicted molar refractivity (Wildman–Crippen MR) is 213 cm³/mol. The molecule has 297 valence electrons. The van der Waals surface area contributed by atoms with Crippen molar-refractivity contribution < 1.29 is 45.1 Å². The smallest absolute Gasteiger partial charge is 0.266 e. The van der Waals surface area contributed by atoms with Crippen LogP contribution in [0.4, 0.5) is 0 Å². The number of aromatic amines is 1. The van der Waals surface area contributed by atoms with Crippen LogP contribution in [0.25, 0.3) is 6.08 Å². The van der Waals surface area contributed by atoms with Crippen molar-refractivity contribution in [3.05, 3.63) is 98.7 Å². The van der Waals surface area contributed by atoms with Gasteiger partial charge in [0, 0.05) is 95.7 Å². The van der Waals surface area contributed by atoms with E-state index in [0.29, 0.717) is 50.8 Å². The molecule has 4 amide bonds. The number of carbonyl (C=O) groups excluding carboxylic acids is 4. The third kappa shape index (κ3) is 11.9. The molecule has 4 rings (SSSR count). The van der Waals surface area contributed by atoms with Crippen molar-refractivity contribution >= 4 is 85.2 Å². The van der Waals surface area contributed by atoms with Gasteiger partial charge in [-0.05, 0) is 80.5 Å². The van der Waals surface area contributed by atoms with E-state index in [1.807, 2.05) is 13.8 Å². The average molecular weight is 822 g/mol. The molecule has 0 fully saturated rings. The first-order chi connectivity index (χ1) is 25.7. The fraction of sp³-hybridized carbons (Fsp3) is 0.378. The Kier molecular flexibility index (Phi) is 15.9. The molecule has 0 saturated carbocycles. The zero-order valence-corrected chi connectivity index (χ0v) is 35.7. The minimum atomic E-state index is -4.26. The Morgan fingerprint density at radius 3 is 1.88 bits per heavy atom. The molecule has 0 spiro atoms. The first kappa shape index (κ1) is 46.2. The number of aromatic nitrogens is 1. The molecule has 7 N–H and O–H groups in total. The van der Waals surface area contributed by atoms with Crippen LogP contribution in [0.2, 0.25) is 0 Å². The molecule has 3 aliphatic heterocycles. The van der Waals surface area contributed by atoms with Gasteiger partial charge < -0.3 is 26.3 Å². The first-order valence-electron chi connectivity index (χ1n) is 17.4. The number of H-pyrrole nitrogens is 1. The molecule has 16 nitrogen and oxygen atoms in total. The number of nitrogens with zero attached hydrogens (tertiary/aromatic N) is 1. The van der Waals surface area contributed by atoms with Crippen LogP contribution in [0.3, 0.4) is 0 Å². The van der Waals surface area contributed by atoms with E-state index in [4.69, 9.17) is 14.1 Å². The molecule has 1 atom stereocenters. The molecule has 1 aromatic rings. The zero-order valence-electron chi connectivity index (χ0n) is 32.1. The molecule has 0 aliphatic carbocycles. The largest absolute Gasteiger partial charge is 0.358 e. The van der Waals surface area contributed by atoms with Gasteiger partial charge in [0.05, 0.1) is 29.0 Å². The van der Waals surface area contributed by atoms with E-state index in [2.05, 4.69) is 39.4 Å². The number of rotatable bonds is 18. The van der Waals surface area contributed by atoms with Gasteiger partial charge in [-0.25, -0.2) is 0 Å². The summed E-state index contributed by atoms with van der Waals surface area (Å²) in [6.07, 6.45) is 7.31. The van der Waals surface area contributed by atoms with Crippen molar-refractivity contribution in [2.45, 2.75) is 65.8 Å². The van der Waals surface area contributed by atoms with Crippen LogP contribution in [-0.2, 0) is 52.3 Å². The summed E-state index contributed by atoms with van der Waals surface area (Å²) in [7, 11) is -8.53. The number of allylic oxidation sites excluding steroid dienone is 4. The summed E-state index contributed by atoms with van der Waals surface area (Å²) in [4.78, 5) is 59.0. The Labute approximate surface area is 348 Å². The van der Waals surface area contributed by atoms with Crippen molar-refractivity contribution in [2.24, 2.45) is 4.99 Å². The Morgan fingerprint density at radius 2 is 1.34 bits per heavy atom. The summed E-state index contributed by atoms with van der Waals surface area (Å²) in [5.41, 5.74) is 8.43. The van der Waals surface area contributed by atoms with E-state index < -0.39 is 49.6 Å². The first-order valence-corrected chi connectivity index (χ1v) is 20.6. The van der Waals surface area contributed by atoms with Crippen molar-refractivity contribution in [2.75, 3.05) is 24.6 Å². The maximum absolute atomic E-state index is 12.8. The van der Waals surface area contributed by atoms with Crippen LogP contribution >= 0.6 is 0 Å². The predicted octanol–water partition coefficient (Wildman–Crippen LogP) is 1.83. The van der Waals surface area contributed by atoms with E-state index >= 15 is 0 Å². The van der Waals surface area contributed by atoms with Gasteiger partial charge in [0.15, 0.2) is 0 Å². The molecule has 3 aliphatic rings. The van der Waals surface area contributed by atoms with Crippen LogP contribution in [0, 0.1) is 6.92 Å². The van der Waals surface area contributed by atoms with Crippen LogP contribution in [0.1, 0.15) is 62.5 Å². The van der Waals surface area contributed by atoms with Crippen molar-refractivity contribution in [1.82, 2.24) is 26.3 Å². The molecule has 0 bridgehead atoms. The summed E-state index contributed by atoms with van der Waals surface area (Å²) in [5.74, 6) is -2.68. The Balaban J connectivity index is 0.00000841. The number of amides is 4. The van der Waals surface area contributed by atoms with Gasteiger partial charge in [0.2, 0.25) is 11.8 Å². The van der Waals surface area contributed by atoms with Gasteiger partial charge in [-0.15, -0.1) is 0 Å². The number of hydrogen-bond acceptors (Lipinski definition) is 9. The van der Waals surface area contributed by atoms with E-state index in [9.17, 15) is 36.0 Å². The second-order valence-electron chi connectivity index (χ2n) is 13.3. The topological polar surface area (TPSA) is 253 Å². The summed E-state index contributed by atoms with van der Waals surface area (Å²) >= 11 is 0. The third-order valence-electron chi connectivity index (χ3n) is 9.62. The van der Waals surface area contributed by atoms with Crippen molar-refractivity contribution in [3.8, 4) is 0 Å². The van der Waals surface area contributed by atoms with Crippen LogP contribution in [0.15, 0.2) is 81.2 Å². The summed E-state index contributed by atoms with van der Waals surface area (Å²) < 4.78 is 62.6. The van der Waals surface area contributed by atoms with Gasteiger partial charge in [-0.1, -0.05) is 25.3 Å². The Bertz CT molecular complexity index is 2260. The Hall–Kier alpha value is -4.17. The summed E-state index contributed by atoms with van der Waals surface area (Å²) in [6, 6.07) is -0.520. The fourth-order valence-corrected chi connectivity index (χ4v) is 7.27. The molecule has 1 aromatic heterocycles. The van der Waals surface area contributed by atoms with Gasteiger partial charge in [-0.3, -0.25) is 33.3 Å². The zero-order chi connectivity index (χ0) is 40.8. The Morgan fingerprint density at radius 1 is 0.786 bits per heavy atom. The quantitative estimate of drug-likeness (QED) is 0.0836. The maximum atomic E-state index is 12.8. The van der Waals surface area contributed by atoms with Crippen LogP contribution < -0.4 is 21.3 Å². The fourth-order valence-electron chi connectivity index (χ4n) is 6.55. The number of nitrogens with one attached hydrogen (secondary N) is 5. The minimum Gasteiger partial charge on any atom is -0.358 e. The summed E-state index contributed by atoms with van der Waals surface area (Å²) in [6.45, 7) is 14.2. The molecule has 56 heavy (non-hydrogen) atoms. The van der Waals surface area contributed by atoms with E-state index in [1.165, 1.54) is 6.08 Å². The molecule has 0 aromatic carbocycles. The van der Waals surface area contributed by atoms with Gasteiger partial charge in [0.1, 0.15) is 0 Å². The van der Waals surface area contributed by atoms with Crippen molar-refractivity contribution in [1.29, 1.82) is 0 Å². The normalized spacial score (nSPS) is 18.7. The van der Waals surface area contributed by atoms with Crippen LogP contribution in [0.5, 0.6) is 0 Å².